The maximum absolute atomic E-state index is 12.8. The zero-order chi connectivity index (χ0) is 16.1. The van der Waals surface area contributed by atoms with Crippen molar-refractivity contribution in [2.24, 2.45) is 5.10 Å². The van der Waals surface area contributed by atoms with E-state index in [1.165, 1.54) is 12.1 Å². The molecule has 0 atom stereocenters. The van der Waals surface area contributed by atoms with E-state index in [0.29, 0.717) is 16.8 Å². The molecule has 0 amide bonds. The number of aromatic nitrogens is 2. The number of nitrogens with one attached hydrogen (secondary N) is 1. The quantitative estimate of drug-likeness (QED) is 0.439. The molecule has 1 heterocycles. The van der Waals surface area contributed by atoms with Crippen molar-refractivity contribution in [3.05, 3.63) is 77.2 Å². The molecule has 0 bridgehead atoms. The summed E-state index contributed by atoms with van der Waals surface area (Å²) in [4.78, 5) is 8.57. The van der Waals surface area contributed by atoms with Crippen LogP contribution in [-0.2, 0) is 0 Å². The molecule has 2 aromatic carbocycles. The van der Waals surface area contributed by atoms with Crippen molar-refractivity contribution in [2.75, 3.05) is 5.43 Å². The molecule has 1 N–H and O–H groups in total. The second kappa shape index (κ2) is 6.98. The van der Waals surface area contributed by atoms with E-state index in [9.17, 15) is 4.39 Å². The summed E-state index contributed by atoms with van der Waals surface area (Å²) < 4.78 is 12.8. The second-order valence-corrected chi connectivity index (χ2v) is 5.07. The number of anilines is 1. The molecule has 0 saturated carbocycles. The fraction of sp³-hybridized carbons (Fsp3) is 0. The van der Waals surface area contributed by atoms with Gasteiger partial charge in [-0.05, 0) is 17.7 Å². The highest BCUT2D eigenvalue weighted by Crippen LogP contribution is 2.19. The lowest BCUT2D eigenvalue weighted by atomic mass is 10.2. The van der Waals surface area contributed by atoms with Crippen molar-refractivity contribution in [1.29, 1.82) is 0 Å². The third-order valence-electron chi connectivity index (χ3n) is 2.99. The molecule has 3 aromatic rings. The third-order valence-corrected chi connectivity index (χ3v) is 3.18. The predicted octanol–water partition coefficient (Wildman–Crippen LogP) is 4.38. The summed E-state index contributed by atoms with van der Waals surface area (Å²) in [6, 6.07) is 17.1. The van der Waals surface area contributed by atoms with Gasteiger partial charge in [0, 0.05) is 11.6 Å². The number of hydrazone groups is 1. The molecule has 0 aliphatic carbocycles. The summed E-state index contributed by atoms with van der Waals surface area (Å²) in [6.07, 6.45) is 1.57. The Balaban J connectivity index is 1.78. The minimum atomic E-state index is -0.287. The van der Waals surface area contributed by atoms with Crippen molar-refractivity contribution < 1.29 is 4.39 Å². The minimum absolute atomic E-state index is 0.287. The second-order valence-electron chi connectivity index (χ2n) is 4.69. The SMILES string of the molecule is Fc1ccc(C=NNc2cc(Cl)nc(-c3ccccc3)n2)cc1. The number of rotatable bonds is 4. The zero-order valence-electron chi connectivity index (χ0n) is 11.9. The van der Waals surface area contributed by atoms with Gasteiger partial charge in [0.25, 0.3) is 0 Å². The highest BCUT2D eigenvalue weighted by molar-refractivity contribution is 6.29. The molecule has 0 saturated heterocycles. The molecule has 114 valence electrons. The average Bonchev–Trinajstić information content (AvgIpc) is 2.57. The fourth-order valence-corrected chi connectivity index (χ4v) is 2.10. The fourth-order valence-electron chi connectivity index (χ4n) is 1.91. The van der Waals surface area contributed by atoms with Crippen molar-refractivity contribution >= 4 is 23.6 Å². The van der Waals surface area contributed by atoms with E-state index >= 15 is 0 Å². The molecule has 1 aromatic heterocycles. The molecule has 0 unspecified atom stereocenters. The normalized spacial score (nSPS) is 10.9. The van der Waals surface area contributed by atoms with Crippen molar-refractivity contribution in [3.63, 3.8) is 0 Å². The van der Waals surface area contributed by atoms with Gasteiger partial charge in [0.15, 0.2) is 11.6 Å². The van der Waals surface area contributed by atoms with Gasteiger partial charge in [0.1, 0.15) is 11.0 Å². The van der Waals surface area contributed by atoms with E-state index < -0.39 is 0 Å². The van der Waals surface area contributed by atoms with Crippen molar-refractivity contribution in [2.45, 2.75) is 0 Å². The van der Waals surface area contributed by atoms with Gasteiger partial charge < -0.3 is 0 Å². The number of hydrogen-bond donors (Lipinski definition) is 1. The van der Waals surface area contributed by atoms with E-state index in [1.807, 2.05) is 30.3 Å². The Labute approximate surface area is 137 Å². The molecular weight excluding hydrogens is 315 g/mol. The third kappa shape index (κ3) is 4.11. The van der Waals surface area contributed by atoms with E-state index in [-0.39, 0.29) is 5.82 Å². The van der Waals surface area contributed by atoms with E-state index in [2.05, 4.69) is 20.5 Å². The van der Waals surface area contributed by atoms with Crippen LogP contribution in [0.4, 0.5) is 10.2 Å². The summed E-state index contributed by atoms with van der Waals surface area (Å²) in [7, 11) is 0. The first kappa shape index (κ1) is 15.1. The average molecular weight is 327 g/mol. The molecular formula is C17H12ClFN4. The number of nitrogens with zero attached hydrogens (tertiary/aromatic N) is 3. The van der Waals surface area contributed by atoms with Crippen LogP contribution in [0.3, 0.4) is 0 Å². The summed E-state index contributed by atoms with van der Waals surface area (Å²) in [5.74, 6) is 0.699. The molecule has 6 heteroatoms. The first-order valence-corrected chi connectivity index (χ1v) is 7.23. The molecule has 0 aliphatic rings. The van der Waals surface area contributed by atoms with Crippen molar-refractivity contribution in [3.8, 4) is 11.4 Å². The van der Waals surface area contributed by atoms with Gasteiger partial charge in [0.05, 0.1) is 6.21 Å². The predicted molar refractivity (Wildman–Crippen MR) is 90.1 cm³/mol. The van der Waals surface area contributed by atoms with Crippen LogP contribution in [0, 0.1) is 5.82 Å². The van der Waals surface area contributed by atoms with E-state index in [1.54, 1.807) is 24.4 Å². The van der Waals surface area contributed by atoms with Gasteiger partial charge in [-0.3, -0.25) is 5.43 Å². The van der Waals surface area contributed by atoms with Crippen LogP contribution in [0.15, 0.2) is 65.8 Å². The first-order chi connectivity index (χ1) is 11.2. The van der Waals surface area contributed by atoms with Gasteiger partial charge in [-0.25, -0.2) is 14.4 Å². The maximum atomic E-state index is 12.8. The number of benzene rings is 2. The first-order valence-electron chi connectivity index (χ1n) is 6.85. The van der Waals surface area contributed by atoms with Crippen molar-refractivity contribution in [1.82, 2.24) is 9.97 Å². The van der Waals surface area contributed by atoms with Gasteiger partial charge in [-0.15, -0.1) is 0 Å². The zero-order valence-corrected chi connectivity index (χ0v) is 12.7. The highest BCUT2D eigenvalue weighted by Gasteiger charge is 2.04. The Kier molecular flexibility index (Phi) is 4.59. The Bertz CT molecular complexity index is 820. The molecule has 3 rings (SSSR count). The lowest BCUT2D eigenvalue weighted by Gasteiger charge is -2.04. The van der Waals surface area contributed by atoms with Crippen LogP contribution in [0.1, 0.15) is 5.56 Å². The molecule has 0 fully saturated rings. The molecule has 0 radical (unpaired) electrons. The van der Waals surface area contributed by atoms with E-state index in [4.69, 9.17) is 11.6 Å². The highest BCUT2D eigenvalue weighted by atomic mass is 35.5. The van der Waals surface area contributed by atoms with Crippen LogP contribution in [0.2, 0.25) is 5.15 Å². The van der Waals surface area contributed by atoms with E-state index in [0.717, 1.165) is 11.1 Å². The molecule has 4 nitrogen and oxygen atoms in total. The lowest BCUT2D eigenvalue weighted by molar-refractivity contribution is 0.628. The Morgan fingerprint density at radius 3 is 2.48 bits per heavy atom. The standard InChI is InChI=1S/C17H12ClFN4/c18-15-10-16(22-17(21-15)13-4-2-1-3-5-13)23-20-11-12-6-8-14(19)9-7-12/h1-11H,(H,21,22,23). The van der Waals surface area contributed by atoms with Gasteiger partial charge in [-0.1, -0.05) is 54.1 Å². The number of halogens is 2. The van der Waals surface area contributed by atoms with Crippen LogP contribution in [0.5, 0.6) is 0 Å². The minimum Gasteiger partial charge on any atom is -0.261 e. The summed E-state index contributed by atoms with van der Waals surface area (Å²) >= 11 is 6.03. The number of hydrogen-bond acceptors (Lipinski definition) is 4. The molecule has 0 spiro atoms. The Morgan fingerprint density at radius 2 is 1.74 bits per heavy atom. The summed E-state index contributed by atoms with van der Waals surface area (Å²) in [5, 5.41) is 4.39. The monoisotopic (exact) mass is 326 g/mol. The maximum Gasteiger partial charge on any atom is 0.163 e. The molecule has 0 aliphatic heterocycles. The van der Waals surface area contributed by atoms with Gasteiger partial charge in [-0.2, -0.15) is 5.10 Å². The van der Waals surface area contributed by atoms with Crippen LogP contribution in [0.25, 0.3) is 11.4 Å². The van der Waals surface area contributed by atoms with Gasteiger partial charge >= 0.3 is 0 Å². The Hall–Kier alpha value is -2.79. The van der Waals surface area contributed by atoms with Crippen LogP contribution in [-0.4, -0.2) is 16.2 Å². The van der Waals surface area contributed by atoms with Crippen LogP contribution < -0.4 is 5.43 Å². The Morgan fingerprint density at radius 1 is 1.00 bits per heavy atom. The van der Waals surface area contributed by atoms with Gasteiger partial charge in [0.2, 0.25) is 0 Å². The smallest absolute Gasteiger partial charge is 0.163 e. The molecule has 23 heavy (non-hydrogen) atoms. The topological polar surface area (TPSA) is 50.2 Å². The van der Waals surface area contributed by atoms with Crippen LogP contribution >= 0.6 is 11.6 Å². The lowest BCUT2D eigenvalue weighted by Crippen LogP contribution is -1.97. The summed E-state index contributed by atoms with van der Waals surface area (Å²) in [5.41, 5.74) is 4.43. The largest absolute Gasteiger partial charge is 0.261 e. The summed E-state index contributed by atoms with van der Waals surface area (Å²) in [6.45, 7) is 0.